The van der Waals surface area contributed by atoms with Crippen LogP contribution in [0, 0.1) is 12.8 Å². The number of hydrogen-bond donors (Lipinski definition) is 0. The Kier molecular flexibility index (Phi) is 6.94. The van der Waals surface area contributed by atoms with Gasteiger partial charge in [-0.25, -0.2) is 0 Å². The first-order valence-corrected chi connectivity index (χ1v) is 11.3. The Morgan fingerprint density at radius 3 is 2.97 bits per heavy atom. The van der Waals surface area contributed by atoms with Crippen LogP contribution in [0.3, 0.4) is 0 Å². The number of nitrogens with zero attached hydrogens (tertiary/aromatic N) is 3. The van der Waals surface area contributed by atoms with Crippen molar-refractivity contribution in [3.63, 3.8) is 0 Å². The second-order valence-electron chi connectivity index (χ2n) is 7.93. The SMILES string of the molecule is Cc1ccc(C(=O)N2CCCC(c3nc(CCOCC4CCOCC4)no3)C2)s1. The molecule has 2 aromatic heterocycles. The highest BCUT2D eigenvalue weighted by Crippen LogP contribution is 2.28. The predicted octanol–water partition coefficient (Wildman–Crippen LogP) is 3.45. The number of ether oxygens (including phenoxy) is 2. The summed E-state index contributed by atoms with van der Waals surface area (Å²) in [6, 6.07) is 3.91. The van der Waals surface area contributed by atoms with E-state index in [2.05, 4.69) is 10.1 Å². The van der Waals surface area contributed by atoms with Crippen molar-refractivity contribution in [1.29, 1.82) is 0 Å². The quantitative estimate of drug-likeness (QED) is 0.640. The van der Waals surface area contributed by atoms with Crippen molar-refractivity contribution in [2.24, 2.45) is 5.92 Å². The van der Waals surface area contributed by atoms with Gasteiger partial charge in [0.1, 0.15) is 0 Å². The van der Waals surface area contributed by atoms with E-state index in [1.165, 1.54) is 0 Å². The molecule has 0 aromatic carbocycles. The zero-order chi connectivity index (χ0) is 20.1. The van der Waals surface area contributed by atoms with Gasteiger partial charge in [0.2, 0.25) is 5.89 Å². The number of piperidine rings is 1. The number of hydrogen-bond acceptors (Lipinski definition) is 7. The molecular formula is C21H29N3O4S. The summed E-state index contributed by atoms with van der Waals surface area (Å²) in [5, 5.41) is 4.12. The predicted molar refractivity (Wildman–Crippen MR) is 109 cm³/mol. The van der Waals surface area contributed by atoms with E-state index in [9.17, 15) is 4.79 Å². The molecule has 0 aliphatic carbocycles. The highest BCUT2D eigenvalue weighted by atomic mass is 32.1. The van der Waals surface area contributed by atoms with Gasteiger partial charge in [0.15, 0.2) is 5.82 Å². The van der Waals surface area contributed by atoms with E-state index >= 15 is 0 Å². The molecule has 1 atom stereocenters. The number of carbonyl (C=O) groups is 1. The van der Waals surface area contributed by atoms with Crippen molar-refractivity contribution in [1.82, 2.24) is 15.0 Å². The molecule has 2 fully saturated rings. The third-order valence-corrected chi connectivity index (χ3v) is 6.65. The molecule has 0 saturated carbocycles. The highest BCUT2D eigenvalue weighted by molar-refractivity contribution is 7.13. The summed E-state index contributed by atoms with van der Waals surface area (Å²) in [5.41, 5.74) is 0. The van der Waals surface area contributed by atoms with Crippen LogP contribution in [0.4, 0.5) is 0 Å². The van der Waals surface area contributed by atoms with Crippen molar-refractivity contribution in [3.05, 3.63) is 33.6 Å². The second kappa shape index (κ2) is 9.82. The molecule has 1 amide bonds. The minimum atomic E-state index is 0.106. The maximum absolute atomic E-state index is 12.7. The molecule has 158 valence electrons. The number of carbonyl (C=O) groups excluding carboxylic acids is 1. The van der Waals surface area contributed by atoms with Gasteiger partial charge in [0.05, 0.1) is 17.4 Å². The van der Waals surface area contributed by atoms with Gasteiger partial charge in [-0.1, -0.05) is 5.16 Å². The van der Waals surface area contributed by atoms with Gasteiger partial charge in [-0.2, -0.15) is 4.98 Å². The van der Waals surface area contributed by atoms with Gasteiger partial charge in [-0.15, -0.1) is 11.3 Å². The summed E-state index contributed by atoms with van der Waals surface area (Å²) >= 11 is 1.55. The van der Waals surface area contributed by atoms with Crippen LogP contribution in [0.25, 0.3) is 0 Å². The van der Waals surface area contributed by atoms with E-state index in [1.807, 2.05) is 24.0 Å². The average molecular weight is 420 g/mol. The Bertz CT molecular complexity index is 799. The summed E-state index contributed by atoms with van der Waals surface area (Å²) in [6.45, 7) is 6.50. The van der Waals surface area contributed by atoms with E-state index in [0.717, 1.165) is 61.8 Å². The van der Waals surface area contributed by atoms with Crippen molar-refractivity contribution in [3.8, 4) is 0 Å². The van der Waals surface area contributed by atoms with Crippen LogP contribution in [-0.4, -0.2) is 60.5 Å². The summed E-state index contributed by atoms with van der Waals surface area (Å²) in [4.78, 5) is 21.2. The molecule has 0 bridgehead atoms. The maximum Gasteiger partial charge on any atom is 0.263 e. The van der Waals surface area contributed by atoms with Crippen LogP contribution in [0.1, 0.15) is 57.9 Å². The minimum absolute atomic E-state index is 0.106. The lowest BCUT2D eigenvalue weighted by atomic mass is 9.98. The molecule has 2 aliphatic rings. The lowest BCUT2D eigenvalue weighted by molar-refractivity contribution is 0.0211. The lowest BCUT2D eigenvalue weighted by Gasteiger charge is -2.30. The zero-order valence-corrected chi connectivity index (χ0v) is 17.8. The van der Waals surface area contributed by atoms with E-state index in [4.69, 9.17) is 14.0 Å². The minimum Gasteiger partial charge on any atom is -0.381 e. The van der Waals surface area contributed by atoms with Crippen LogP contribution in [0.15, 0.2) is 16.7 Å². The molecule has 8 heteroatoms. The number of rotatable bonds is 7. The summed E-state index contributed by atoms with van der Waals surface area (Å²) in [6.07, 6.45) is 4.72. The van der Waals surface area contributed by atoms with Crippen LogP contribution < -0.4 is 0 Å². The van der Waals surface area contributed by atoms with Crippen molar-refractivity contribution >= 4 is 17.2 Å². The van der Waals surface area contributed by atoms with Gasteiger partial charge in [-0.3, -0.25) is 4.79 Å². The van der Waals surface area contributed by atoms with E-state index in [-0.39, 0.29) is 11.8 Å². The Labute approximate surface area is 175 Å². The average Bonchev–Trinajstić information content (AvgIpc) is 3.41. The second-order valence-corrected chi connectivity index (χ2v) is 9.22. The van der Waals surface area contributed by atoms with Gasteiger partial charge < -0.3 is 18.9 Å². The Morgan fingerprint density at radius 1 is 1.31 bits per heavy atom. The number of aromatic nitrogens is 2. The standard InChI is InChI=1S/C21H29N3O4S/c1-15-4-5-18(29-15)21(25)24-9-2-3-17(13-24)20-22-19(23-28-20)8-12-27-14-16-6-10-26-11-7-16/h4-5,16-17H,2-3,6-14H2,1H3. The Balaban J connectivity index is 1.25. The number of amides is 1. The van der Waals surface area contributed by atoms with Crippen LogP contribution in [0.2, 0.25) is 0 Å². The molecule has 7 nitrogen and oxygen atoms in total. The first kappa shape index (κ1) is 20.5. The maximum atomic E-state index is 12.7. The number of likely N-dealkylation sites (tertiary alicyclic amines) is 1. The van der Waals surface area contributed by atoms with Gasteiger partial charge >= 0.3 is 0 Å². The largest absolute Gasteiger partial charge is 0.381 e. The highest BCUT2D eigenvalue weighted by Gasteiger charge is 2.29. The van der Waals surface area contributed by atoms with Crippen molar-refractivity contribution < 1.29 is 18.8 Å². The van der Waals surface area contributed by atoms with E-state index < -0.39 is 0 Å². The van der Waals surface area contributed by atoms with Crippen molar-refractivity contribution in [2.45, 2.75) is 44.9 Å². The topological polar surface area (TPSA) is 77.7 Å². The molecule has 2 aromatic rings. The summed E-state index contributed by atoms with van der Waals surface area (Å²) < 4.78 is 16.7. The molecule has 0 spiro atoms. The van der Waals surface area contributed by atoms with Crippen molar-refractivity contribution in [2.75, 3.05) is 39.5 Å². The van der Waals surface area contributed by atoms with E-state index in [1.54, 1.807) is 11.3 Å². The smallest absolute Gasteiger partial charge is 0.263 e. The zero-order valence-electron chi connectivity index (χ0n) is 17.0. The molecule has 0 radical (unpaired) electrons. The lowest BCUT2D eigenvalue weighted by Crippen LogP contribution is -2.38. The Morgan fingerprint density at radius 2 is 2.17 bits per heavy atom. The molecule has 4 rings (SSSR count). The van der Waals surface area contributed by atoms with Crippen LogP contribution in [0.5, 0.6) is 0 Å². The first-order chi connectivity index (χ1) is 14.2. The number of aryl methyl sites for hydroxylation is 1. The molecule has 1 unspecified atom stereocenters. The third-order valence-electron chi connectivity index (χ3n) is 5.66. The molecule has 0 N–H and O–H groups in total. The first-order valence-electron chi connectivity index (χ1n) is 10.5. The monoisotopic (exact) mass is 419 g/mol. The molecule has 4 heterocycles. The number of thiophene rings is 1. The van der Waals surface area contributed by atoms with Crippen LogP contribution >= 0.6 is 11.3 Å². The molecule has 29 heavy (non-hydrogen) atoms. The third kappa shape index (κ3) is 5.43. The summed E-state index contributed by atoms with van der Waals surface area (Å²) in [7, 11) is 0. The Hall–Kier alpha value is -1.77. The van der Waals surface area contributed by atoms with E-state index in [0.29, 0.717) is 37.2 Å². The fraction of sp³-hybridized carbons (Fsp3) is 0.667. The fourth-order valence-electron chi connectivity index (χ4n) is 3.93. The van der Waals surface area contributed by atoms with Gasteiger partial charge in [-0.05, 0) is 50.7 Å². The van der Waals surface area contributed by atoms with Gasteiger partial charge in [0.25, 0.3) is 5.91 Å². The van der Waals surface area contributed by atoms with Crippen LogP contribution in [-0.2, 0) is 15.9 Å². The molecule has 2 aliphatic heterocycles. The molecule has 2 saturated heterocycles. The summed E-state index contributed by atoms with van der Waals surface area (Å²) in [5.74, 6) is 2.14. The normalized spacial score (nSPS) is 20.9. The van der Waals surface area contributed by atoms with Gasteiger partial charge in [0, 0.05) is 44.2 Å². The molecular weight excluding hydrogens is 390 g/mol. The fourth-order valence-corrected chi connectivity index (χ4v) is 4.77.